The lowest BCUT2D eigenvalue weighted by atomic mass is 10.0. The second kappa shape index (κ2) is 10.4. The topological polar surface area (TPSA) is 55.4 Å². The molecule has 1 amide bonds. The van der Waals surface area contributed by atoms with E-state index in [4.69, 9.17) is 16.3 Å². The number of hydrogen-bond acceptors (Lipinski definition) is 3. The predicted octanol–water partition coefficient (Wildman–Crippen LogP) is 6.82. The normalized spacial score (nSPS) is 10.6. The van der Waals surface area contributed by atoms with Gasteiger partial charge in [0.2, 0.25) is 0 Å². The molecule has 176 valence electrons. The SMILES string of the molecule is O=C(Cc1ccc(F)cc1)Oc1ccc(-c2ccc(F)cc2F)cc1C(=O)Nc1ccccc1Cl. The van der Waals surface area contributed by atoms with E-state index in [2.05, 4.69) is 5.32 Å². The molecule has 0 saturated carbocycles. The first-order valence-electron chi connectivity index (χ1n) is 10.4. The minimum absolute atomic E-state index is 0.0578. The summed E-state index contributed by atoms with van der Waals surface area (Å²) < 4.78 is 46.3. The number of carbonyl (C=O) groups excluding carboxylic acids is 2. The van der Waals surface area contributed by atoms with Gasteiger partial charge in [-0.25, -0.2) is 13.2 Å². The van der Waals surface area contributed by atoms with E-state index in [-0.39, 0.29) is 33.9 Å². The summed E-state index contributed by atoms with van der Waals surface area (Å²) in [5.74, 6) is -3.42. The van der Waals surface area contributed by atoms with E-state index in [1.807, 2.05) is 0 Å². The first-order chi connectivity index (χ1) is 16.8. The highest BCUT2D eigenvalue weighted by Crippen LogP contribution is 2.31. The fourth-order valence-electron chi connectivity index (χ4n) is 3.37. The minimum atomic E-state index is -0.816. The number of carbonyl (C=O) groups is 2. The van der Waals surface area contributed by atoms with Crippen LogP contribution in [0.3, 0.4) is 0 Å². The number of ether oxygens (including phenoxy) is 1. The summed E-state index contributed by atoms with van der Waals surface area (Å²) in [7, 11) is 0. The van der Waals surface area contributed by atoms with Crippen LogP contribution in [0.5, 0.6) is 5.75 Å². The average Bonchev–Trinajstić information content (AvgIpc) is 2.82. The number of nitrogens with one attached hydrogen (secondary N) is 1. The molecular weight excluding hydrogens is 479 g/mol. The first-order valence-corrected chi connectivity index (χ1v) is 10.8. The Morgan fingerprint density at radius 2 is 1.54 bits per heavy atom. The largest absolute Gasteiger partial charge is 0.425 e. The van der Waals surface area contributed by atoms with Gasteiger partial charge in [0.05, 0.1) is 22.7 Å². The van der Waals surface area contributed by atoms with Crippen LogP contribution in [0, 0.1) is 17.5 Å². The number of esters is 1. The van der Waals surface area contributed by atoms with E-state index in [9.17, 15) is 22.8 Å². The molecule has 0 fully saturated rings. The Hall–Kier alpha value is -4.10. The van der Waals surface area contributed by atoms with Crippen molar-refractivity contribution in [3.05, 3.63) is 119 Å². The molecule has 4 aromatic rings. The lowest BCUT2D eigenvalue weighted by Crippen LogP contribution is -2.17. The van der Waals surface area contributed by atoms with Crippen LogP contribution in [0.2, 0.25) is 5.02 Å². The smallest absolute Gasteiger partial charge is 0.315 e. The summed E-state index contributed by atoms with van der Waals surface area (Å²) in [4.78, 5) is 25.7. The van der Waals surface area contributed by atoms with Gasteiger partial charge in [-0.3, -0.25) is 9.59 Å². The second-order valence-corrected chi connectivity index (χ2v) is 7.95. The van der Waals surface area contributed by atoms with Gasteiger partial charge in [-0.1, -0.05) is 41.9 Å². The van der Waals surface area contributed by atoms with Crippen LogP contribution in [0.25, 0.3) is 11.1 Å². The van der Waals surface area contributed by atoms with E-state index in [0.29, 0.717) is 11.3 Å². The van der Waals surface area contributed by atoms with Crippen LogP contribution in [-0.4, -0.2) is 11.9 Å². The number of halogens is 4. The van der Waals surface area contributed by atoms with Crippen LogP contribution in [0.4, 0.5) is 18.9 Å². The zero-order chi connectivity index (χ0) is 24.9. The summed E-state index contributed by atoms with van der Waals surface area (Å²) in [5.41, 5.74) is 1.09. The minimum Gasteiger partial charge on any atom is -0.425 e. The fraction of sp³-hybridized carbons (Fsp3) is 0.0370. The zero-order valence-corrected chi connectivity index (χ0v) is 18.8. The van der Waals surface area contributed by atoms with E-state index < -0.39 is 29.3 Å². The summed E-state index contributed by atoms with van der Waals surface area (Å²) in [6.07, 6.45) is -0.166. The molecule has 0 saturated heterocycles. The highest BCUT2D eigenvalue weighted by Gasteiger charge is 2.19. The van der Waals surface area contributed by atoms with Gasteiger partial charge in [0, 0.05) is 11.6 Å². The van der Waals surface area contributed by atoms with E-state index in [0.717, 1.165) is 12.1 Å². The number of rotatable bonds is 6. The number of para-hydroxylation sites is 1. The Morgan fingerprint density at radius 3 is 2.26 bits per heavy atom. The Bertz CT molecular complexity index is 1410. The molecule has 0 spiro atoms. The number of benzene rings is 4. The molecule has 0 heterocycles. The molecule has 35 heavy (non-hydrogen) atoms. The average molecular weight is 496 g/mol. The van der Waals surface area contributed by atoms with Crippen molar-refractivity contribution in [2.24, 2.45) is 0 Å². The lowest BCUT2D eigenvalue weighted by molar-refractivity contribution is -0.133. The Labute approximate surface area is 203 Å². The van der Waals surface area contributed by atoms with Crippen LogP contribution in [0.1, 0.15) is 15.9 Å². The molecule has 8 heteroatoms. The van der Waals surface area contributed by atoms with Crippen molar-refractivity contribution in [1.82, 2.24) is 0 Å². The van der Waals surface area contributed by atoms with Crippen molar-refractivity contribution in [3.63, 3.8) is 0 Å². The number of anilines is 1. The molecule has 0 aromatic heterocycles. The van der Waals surface area contributed by atoms with Crippen molar-refractivity contribution in [2.45, 2.75) is 6.42 Å². The standard InChI is InChI=1S/C27H17ClF3NO3/c28-22-3-1-2-4-24(22)32-27(34)21-14-17(20-11-10-19(30)15-23(20)31)7-12-25(21)35-26(33)13-16-5-8-18(29)9-6-16/h1-12,14-15H,13H2,(H,32,34). The number of hydrogen-bond donors (Lipinski definition) is 1. The molecule has 0 bridgehead atoms. The summed E-state index contributed by atoms with van der Waals surface area (Å²) >= 11 is 6.13. The molecule has 0 unspecified atom stereocenters. The van der Waals surface area contributed by atoms with E-state index in [1.54, 1.807) is 24.3 Å². The van der Waals surface area contributed by atoms with Gasteiger partial charge in [0.15, 0.2) is 0 Å². The molecule has 0 aliphatic rings. The van der Waals surface area contributed by atoms with Crippen LogP contribution in [-0.2, 0) is 11.2 Å². The van der Waals surface area contributed by atoms with Gasteiger partial charge in [-0.15, -0.1) is 0 Å². The third-order valence-electron chi connectivity index (χ3n) is 5.07. The van der Waals surface area contributed by atoms with Crippen LogP contribution in [0.15, 0.2) is 84.9 Å². The maximum absolute atomic E-state index is 14.4. The van der Waals surface area contributed by atoms with Gasteiger partial charge in [-0.05, 0) is 59.7 Å². The van der Waals surface area contributed by atoms with E-state index in [1.165, 1.54) is 48.5 Å². The molecule has 0 aliphatic carbocycles. The first kappa shape index (κ1) is 24.0. The van der Waals surface area contributed by atoms with Gasteiger partial charge >= 0.3 is 5.97 Å². The van der Waals surface area contributed by atoms with Gasteiger partial charge in [0.1, 0.15) is 23.2 Å². The maximum Gasteiger partial charge on any atom is 0.315 e. The highest BCUT2D eigenvalue weighted by atomic mass is 35.5. The summed E-state index contributed by atoms with van der Waals surface area (Å²) in [5, 5.41) is 2.93. The molecule has 4 rings (SSSR count). The van der Waals surface area contributed by atoms with Gasteiger partial charge in [-0.2, -0.15) is 0 Å². The number of amides is 1. The second-order valence-electron chi connectivity index (χ2n) is 7.55. The predicted molar refractivity (Wildman–Crippen MR) is 127 cm³/mol. The van der Waals surface area contributed by atoms with Gasteiger partial charge in [0.25, 0.3) is 5.91 Å². The fourth-order valence-corrected chi connectivity index (χ4v) is 3.55. The molecule has 4 aromatic carbocycles. The summed E-state index contributed by atoms with van der Waals surface area (Å²) in [6, 6.07) is 19.1. The molecule has 0 atom stereocenters. The Morgan fingerprint density at radius 1 is 0.829 bits per heavy atom. The molecule has 0 radical (unpaired) electrons. The highest BCUT2D eigenvalue weighted by molar-refractivity contribution is 6.34. The van der Waals surface area contributed by atoms with Crippen molar-refractivity contribution in [1.29, 1.82) is 0 Å². The Balaban J connectivity index is 1.67. The van der Waals surface area contributed by atoms with Crippen LogP contribution >= 0.6 is 11.6 Å². The molecule has 0 aliphatic heterocycles. The Kier molecular flexibility index (Phi) is 7.17. The third-order valence-corrected chi connectivity index (χ3v) is 5.40. The molecule has 1 N–H and O–H groups in total. The van der Waals surface area contributed by atoms with Crippen LogP contribution < -0.4 is 10.1 Å². The van der Waals surface area contributed by atoms with Crippen molar-refractivity contribution >= 4 is 29.2 Å². The van der Waals surface area contributed by atoms with Crippen molar-refractivity contribution in [2.75, 3.05) is 5.32 Å². The lowest BCUT2D eigenvalue weighted by Gasteiger charge is -2.14. The molecular formula is C27H17ClF3NO3. The van der Waals surface area contributed by atoms with E-state index >= 15 is 0 Å². The molecule has 4 nitrogen and oxygen atoms in total. The van der Waals surface area contributed by atoms with Gasteiger partial charge < -0.3 is 10.1 Å². The third kappa shape index (κ3) is 5.88. The van der Waals surface area contributed by atoms with Crippen molar-refractivity contribution in [3.8, 4) is 16.9 Å². The van der Waals surface area contributed by atoms with Crippen molar-refractivity contribution < 1.29 is 27.5 Å². The summed E-state index contributed by atoms with van der Waals surface area (Å²) in [6.45, 7) is 0. The maximum atomic E-state index is 14.4. The zero-order valence-electron chi connectivity index (χ0n) is 18.0. The monoisotopic (exact) mass is 495 g/mol. The quantitative estimate of drug-likeness (QED) is 0.236.